The summed E-state index contributed by atoms with van der Waals surface area (Å²) in [6, 6.07) is 16.3. The molecule has 0 radical (unpaired) electrons. The number of nitro benzene ring substituents is 1. The average molecular weight is 666 g/mol. The van der Waals surface area contributed by atoms with Crippen molar-refractivity contribution in [3.05, 3.63) is 94.6 Å². The summed E-state index contributed by atoms with van der Waals surface area (Å²) in [5.41, 5.74) is 3.04. The zero-order valence-corrected chi connectivity index (χ0v) is 21.0. The number of benzene rings is 3. The van der Waals surface area contributed by atoms with Crippen LogP contribution in [0.25, 0.3) is 22.7 Å². The molecule has 4 aromatic rings. The van der Waals surface area contributed by atoms with Gasteiger partial charge in [0.05, 0.1) is 28.7 Å². The van der Waals surface area contributed by atoms with Gasteiger partial charge in [-0.25, -0.2) is 9.37 Å². The van der Waals surface area contributed by atoms with Gasteiger partial charge in [0.15, 0.2) is 0 Å². The van der Waals surface area contributed by atoms with E-state index < -0.39 is 4.92 Å². The zero-order chi connectivity index (χ0) is 23.5. The fraction of sp³-hybridized carbons (Fsp3) is 0.0435. The van der Waals surface area contributed by atoms with Gasteiger partial charge >= 0.3 is 0 Å². The molecule has 0 aliphatic carbocycles. The molecule has 0 saturated heterocycles. The van der Waals surface area contributed by atoms with E-state index in [4.69, 9.17) is 4.74 Å². The van der Waals surface area contributed by atoms with Gasteiger partial charge in [-0.15, -0.1) is 0 Å². The lowest BCUT2D eigenvalue weighted by Crippen LogP contribution is -2.00. The first-order valence-electron chi connectivity index (χ1n) is 9.46. The molecular weight excluding hydrogens is 653 g/mol. The number of halogens is 3. The first-order chi connectivity index (χ1) is 15.8. The van der Waals surface area contributed by atoms with E-state index in [1.165, 1.54) is 24.3 Å². The van der Waals surface area contributed by atoms with Crippen LogP contribution in [-0.4, -0.2) is 14.9 Å². The number of allylic oxidation sites excluding steroid dienone is 1. The standard InChI is InChI=1S/C23H13FI2N4O3/c24-16-3-6-20-21(10-16)29-23(28-20)15(11-27)7-14-8-18(25)22(19(26)9-14)33-12-13-1-4-17(5-2-13)30(31)32/h1-10H,12H2,(H,28,29)/b15-7-. The molecule has 1 heterocycles. The number of fused-ring (bicyclic) bond motifs is 1. The van der Waals surface area contributed by atoms with Gasteiger partial charge in [0.2, 0.25) is 0 Å². The Kier molecular flexibility index (Phi) is 6.89. The number of rotatable bonds is 6. The third kappa shape index (κ3) is 5.31. The minimum absolute atomic E-state index is 0.0296. The van der Waals surface area contributed by atoms with Crippen LogP contribution in [0.1, 0.15) is 17.0 Å². The smallest absolute Gasteiger partial charge is 0.269 e. The molecule has 0 spiro atoms. The van der Waals surface area contributed by atoms with Crippen molar-refractivity contribution in [1.29, 1.82) is 5.26 Å². The topological polar surface area (TPSA) is 105 Å². The van der Waals surface area contributed by atoms with E-state index in [1.54, 1.807) is 24.3 Å². The van der Waals surface area contributed by atoms with E-state index in [1.807, 2.05) is 12.1 Å². The molecule has 0 saturated carbocycles. The Hall–Kier alpha value is -3.05. The second-order valence-electron chi connectivity index (χ2n) is 6.94. The van der Waals surface area contributed by atoms with E-state index in [-0.39, 0.29) is 18.1 Å². The highest BCUT2D eigenvalue weighted by Gasteiger charge is 2.13. The van der Waals surface area contributed by atoms with Crippen molar-refractivity contribution in [2.24, 2.45) is 0 Å². The molecule has 1 aromatic heterocycles. The molecule has 0 bridgehead atoms. The van der Waals surface area contributed by atoms with Crippen molar-refractivity contribution in [2.75, 3.05) is 0 Å². The SMILES string of the molecule is N#C/C(=C/c1cc(I)c(OCc2ccc([N+](=O)[O-])cc2)c(I)c1)c1nc2ccc(F)cc2[nH]1. The molecule has 0 unspecified atom stereocenters. The fourth-order valence-electron chi connectivity index (χ4n) is 3.10. The monoisotopic (exact) mass is 666 g/mol. The molecule has 7 nitrogen and oxygen atoms in total. The Bertz CT molecular complexity index is 1420. The third-order valence-electron chi connectivity index (χ3n) is 4.68. The maximum absolute atomic E-state index is 13.5. The Balaban J connectivity index is 1.56. The number of aromatic nitrogens is 2. The number of nitriles is 1. The van der Waals surface area contributed by atoms with Crippen molar-refractivity contribution in [3.8, 4) is 11.8 Å². The Morgan fingerprint density at radius 3 is 2.52 bits per heavy atom. The second kappa shape index (κ2) is 9.84. The van der Waals surface area contributed by atoms with Crippen LogP contribution in [0.4, 0.5) is 10.1 Å². The van der Waals surface area contributed by atoms with E-state index in [0.717, 1.165) is 18.3 Å². The number of nitro groups is 1. The van der Waals surface area contributed by atoms with Crippen molar-refractivity contribution in [2.45, 2.75) is 6.61 Å². The summed E-state index contributed by atoms with van der Waals surface area (Å²) in [6.07, 6.45) is 1.71. The zero-order valence-electron chi connectivity index (χ0n) is 16.7. The Morgan fingerprint density at radius 1 is 1.18 bits per heavy atom. The number of imidazole rings is 1. The van der Waals surface area contributed by atoms with Crippen molar-refractivity contribution < 1.29 is 14.1 Å². The van der Waals surface area contributed by atoms with Crippen LogP contribution in [0, 0.1) is 34.4 Å². The fourth-order valence-corrected chi connectivity index (χ4v) is 5.23. The summed E-state index contributed by atoms with van der Waals surface area (Å²) < 4.78 is 21.1. The third-order valence-corrected chi connectivity index (χ3v) is 6.28. The largest absolute Gasteiger partial charge is 0.487 e. The quantitative estimate of drug-likeness (QED) is 0.110. The highest BCUT2D eigenvalue weighted by molar-refractivity contribution is 14.1. The average Bonchev–Trinajstić information content (AvgIpc) is 3.20. The molecule has 1 N–H and O–H groups in total. The molecule has 0 atom stereocenters. The summed E-state index contributed by atoms with van der Waals surface area (Å²) in [5.74, 6) is 0.666. The number of nitrogens with one attached hydrogen (secondary N) is 1. The van der Waals surface area contributed by atoms with Gasteiger partial charge in [0, 0.05) is 12.1 Å². The lowest BCUT2D eigenvalue weighted by atomic mass is 10.1. The van der Waals surface area contributed by atoms with Crippen LogP contribution in [-0.2, 0) is 6.61 Å². The van der Waals surface area contributed by atoms with Crippen molar-refractivity contribution >= 4 is 73.6 Å². The molecule has 4 rings (SSSR count). The molecular formula is C23H13FI2N4O3. The van der Waals surface area contributed by atoms with E-state index >= 15 is 0 Å². The molecule has 0 amide bonds. The first kappa shape index (κ1) is 23.1. The highest BCUT2D eigenvalue weighted by atomic mass is 127. The maximum atomic E-state index is 13.5. The van der Waals surface area contributed by atoms with Gasteiger partial charge in [-0.2, -0.15) is 5.26 Å². The minimum atomic E-state index is -0.443. The van der Waals surface area contributed by atoms with Crippen molar-refractivity contribution in [3.63, 3.8) is 0 Å². The van der Waals surface area contributed by atoms with Crippen LogP contribution >= 0.6 is 45.2 Å². The molecule has 0 fully saturated rings. The molecule has 0 aliphatic heterocycles. The molecule has 10 heteroatoms. The predicted octanol–water partition coefficient (Wildman–Crippen LogP) is 6.46. The van der Waals surface area contributed by atoms with E-state index in [2.05, 4.69) is 61.2 Å². The number of non-ortho nitro benzene ring substituents is 1. The molecule has 3 aromatic carbocycles. The van der Waals surface area contributed by atoms with Crippen LogP contribution in [0.3, 0.4) is 0 Å². The molecule has 0 aliphatic rings. The van der Waals surface area contributed by atoms with Gasteiger partial charge in [0.1, 0.15) is 30.1 Å². The van der Waals surface area contributed by atoms with Crippen LogP contribution < -0.4 is 4.74 Å². The Morgan fingerprint density at radius 2 is 1.88 bits per heavy atom. The van der Waals surface area contributed by atoms with Crippen LogP contribution in [0.2, 0.25) is 0 Å². The minimum Gasteiger partial charge on any atom is -0.487 e. The predicted molar refractivity (Wildman–Crippen MR) is 139 cm³/mol. The maximum Gasteiger partial charge on any atom is 0.269 e. The molecule has 33 heavy (non-hydrogen) atoms. The van der Waals surface area contributed by atoms with Crippen LogP contribution in [0.15, 0.2) is 54.6 Å². The van der Waals surface area contributed by atoms with E-state index in [0.29, 0.717) is 28.2 Å². The summed E-state index contributed by atoms with van der Waals surface area (Å²) in [7, 11) is 0. The van der Waals surface area contributed by atoms with Crippen LogP contribution in [0.5, 0.6) is 5.75 Å². The number of hydrogen-bond donors (Lipinski definition) is 1. The Labute approximate surface area is 214 Å². The number of ether oxygens (including phenoxy) is 1. The molecule has 164 valence electrons. The number of aromatic amines is 1. The lowest BCUT2D eigenvalue weighted by molar-refractivity contribution is -0.384. The normalized spacial score (nSPS) is 11.4. The van der Waals surface area contributed by atoms with E-state index in [9.17, 15) is 19.8 Å². The first-order valence-corrected chi connectivity index (χ1v) is 11.6. The van der Waals surface area contributed by atoms with Gasteiger partial charge in [-0.05, 0) is 105 Å². The summed E-state index contributed by atoms with van der Waals surface area (Å²) >= 11 is 4.32. The van der Waals surface area contributed by atoms with Gasteiger partial charge in [-0.1, -0.05) is 0 Å². The summed E-state index contributed by atoms with van der Waals surface area (Å²) in [5, 5.41) is 20.4. The van der Waals surface area contributed by atoms with Gasteiger partial charge < -0.3 is 9.72 Å². The van der Waals surface area contributed by atoms with Gasteiger partial charge in [0.25, 0.3) is 5.69 Å². The lowest BCUT2D eigenvalue weighted by Gasteiger charge is -2.12. The highest BCUT2D eigenvalue weighted by Crippen LogP contribution is 2.31. The summed E-state index contributed by atoms with van der Waals surface area (Å²) in [6.45, 7) is 0.262. The van der Waals surface area contributed by atoms with Crippen molar-refractivity contribution in [1.82, 2.24) is 9.97 Å². The second-order valence-corrected chi connectivity index (χ2v) is 9.27. The number of H-pyrrole nitrogens is 1. The van der Waals surface area contributed by atoms with Gasteiger partial charge in [-0.3, -0.25) is 10.1 Å². The number of hydrogen-bond acceptors (Lipinski definition) is 5. The number of nitrogens with zero attached hydrogens (tertiary/aromatic N) is 3. The summed E-state index contributed by atoms with van der Waals surface area (Å²) in [4.78, 5) is 17.7.